The van der Waals surface area contributed by atoms with Crippen LogP contribution in [0.4, 0.5) is 5.69 Å². The van der Waals surface area contributed by atoms with E-state index in [0.717, 1.165) is 16.9 Å². The van der Waals surface area contributed by atoms with Crippen molar-refractivity contribution in [3.05, 3.63) is 72.6 Å². The van der Waals surface area contributed by atoms with Crippen LogP contribution in [-0.2, 0) is 0 Å². The summed E-state index contributed by atoms with van der Waals surface area (Å²) in [6, 6.07) is 17.2. The first kappa shape index (κ1) is 13.2. The van der Waals surface area contributed by atoms with Crippen molar-refractivity contribution in [2.75, 3.05) is 5.32 Å². The minimum atomic E-state index is 0.131. The number of para-hydroxylation sites is 1. The van der Waals surface area contributed by atoms with E-state index in [0.29, 0.717) is 0 Å². The Balaban J connectivity index is 1.75. The van der Waals surface area contributed by atoms with E-state index in [1.807, 2.05) is 59.5 Å². The van der Waals surface area contributed by atoms with Crippen molar-refractivity contribution in [3.63, 3.8) is 0 Å². The predicted octanol–water partition coefficient (Wildman–Crippen LogP) is 3.75. The van der Waals surface area contributed by atoms with Crippen molar-refractivity contribution < 1.29 is 5.11 Å². The van der Waals surface area contributed by atoms with Gasteiger partial charge in [0.1, 0.15) is 5.75 Å². The molecule has 0 fully saturated rings. The number of rotatable bonds is 4. The van der Waals surface area contributed by atoms with E-state index in [-0.39, 0.29) is 11.8 Å². The fraction of sp³-hybridized carbons (Fsp3) is 0.118. The van der Waals surface area contributed by atoms with Gasteiger partial charge in [-0.3, -0.25) is 0 Å². The molecule has 1 unspecified atom stereocenters. The molecule has 1 heterocycles. The highest BCUT2D eigenvalue weighted by atomic mass is 16.3. The zero-order valence-electron chi connectivity index (χ0n) is 11.8. The number of phenolic OH excluding ortho intramolecular Hbond substituents is 1. The zero-order valence-corrected chi connectivity index (χ0v) is 11.8. The molecule has 4 nitrogen and oxygen atoms in total. The van der Waals surface area contributed by atoms with E-state index in [4.69, 9.17) is 0 Å². The fourth-order valence-corrected chi connectivity index (χ4v) is 2.17. The van der Waals surface area contributed by atoms with Gasteiger partial charge in [-0.25, -0.2) is 4.68 Å². The largest absolute Gasteiger partial charge is 0.508 e. The van der Waals surface area contributed by atoms with Gasteiger partial charge in [-0.2, -0.15) is 5.10 Å². The maximum absolute atomic E-state index is 9.30. The topological polar surface area (TPSA) is 50.1 Å². The SMILES string of the molecule is CC(Nc1ccc(O)cc1)c1cnn(-c2ccccc2)c1. The van der Waals surface area contributed by atoms with Gasteiger partial charge in [0.15, 0.2) is 0 Å². The summed E-state index contributed by atoms with van der Waals surface area (Å²) in [5.41, 5.74) is 3.11. The number of aromatic nitrogens is 2. The van der Waals surface area contributed by atoms with Gasteiger partial charge in [-0.1, -0.05) is 18.2 Å². The Morgan fingerprint density at radius 1 is 1.05 bits per heavy atom. The summed E-state index contributed by atoms with van der Waals surface area (Å²) in [6.07, 6.45) is 3.89. The molecule has 0 amide bonds. The molecule has 0 aliphatic carbocycles. The molecule has 2 N–H and O–H groups in total. The van der Waals surface area contributed by atoms with Gasteiger partial charge < -0.3 is 10.4 Å². The van der Waals surface area contributed by atoms with Crippen LogP contribution in [0.5, 0.6) is 5.75 Å². The predicted molar refractivity (Wildman–Crippen MR) is 83.7 cm³/mol. The van der Waals surface area contributed by atoms with Crippen LogP contribution in [-0.4, -0.2) is 14.9 Å². The summed E-state index contributed by atoms with van der Waals surface area (Å²) < 4.78 is 1.87. The molecular weight excluding hydrogens is 262 g/mol. The van der Waals surface area contributed by atoms with Gasteiger partial charge >= 0.3 is 0 Å². The van der Waals surface area contributed by atoms with E-state index in [1.54, 1.807) is 12.1 Å². The smallest absolute Gasteiger partial charge is 0.115 e. The highest BCUT2D eigenvalue weighted by molar-refractivity contribution is 5.47. The summed E-state index contributed by atoms with van der Waals surface area (Å²) in [5.74, 6) is 0.269. The third-order valence-electron chi connectivity index (χ3n) is 3.37. The molecule has 0 saturated carbocycles. The fourth-order valence-electron chi connectivity index (χ4n) is 2.17. The summed E-state index contributed by atoms with van der Waals surface area (Å²) >= 11 is 0. The van der Waals surface area contributed by atoms with Crippen molar-refractivity contribution >= 4 is 5.69 Å². The maximum Gasteiger partial charge on any atom is 0.115 e. The van der Waals surface area contributed by atoms with Crippen LogP contribution in [0.3, 0.4) is 0 Å². The van der Waals surface area contributed by atoms with E-state index < -0.39 is 0 Å². The number of nitrogens with zero attached hydrogens (tertiary/aromatic N) is 2. The van der Waals surface area contributed by atoms with Gasteiger partial charge in [-0.05, 0) is 43.3 Å². The number of benzene rings is 2. The molecule has 21 heavy (non-hydrogen) atoms. The number of phenols is 1. The summed E-state index contributed by atoms with van der Waals surface area (Å²) in [7, 11) is 0. The Morgan fingerprint density at radius 3 is 2.48 bits per heavy atom. The van der Waals surface area contributed by atoms with Crippen molar-refractivity contribution in [2.24, 2.45) is 0 Å². The highest BCUT2D eigenvalue weighted by Crippen LogP contribution is 2.21. The van der Waals surface area contributed by atoms with Gasteiger partial charge in [0.2, 0.25) is 0 Å². The van der Waals surface area contributed by atoms with Gasteiger partial charge in [0.25, 0.3) is 0 Å². The minimum Gasteiger partial charge on any atom is -0.508 e. The lowest BCUT2D eigenvalue weighted by atomic mass is 10.2. The second-order valence-electron chi connectivity index (χ2n) is 4.97. The standard InChI is InChI=1S/C17H17N3O/c1-13(19-15-7-9-17(21)10-8-15)14-11-18-20(12-14)16-5-3-2-4-6-16/h2-13,19,21H,1H3. The van der Waals surface area contributed by atoms with E-state index in [9.17, 15) is 5.11 Å². The number of anilines is 1. The number of hydrogen-bond donors (Lipinski definition) is 2. The summed E-state index contributed by atoms with van der Waals surface area (Å²) in [4.78, 5) is 0. The molecular formula is C17H17N3O. The highest BCUT2D eigenvalue weighted by Gasteiger charge is 2.08. The Bertz CT molecular complexity index is 704. The molecule has 4 heteroatoms. The molecule has 0 spiro atoms. The second-order valence-corrected chi connectivity index (χ2v) is 4.97. The van der Waals surface area contributed by atoms with Crippen LogP contribution in [0.25, 0.3) is 5.69 Å². The van der Waals surface area contributed by atoms with Crippen LogP contribution in [0.2, 0.25) is 0 Å². The van der Waals surface area contributed by atoms with Crippen molar-refractivity contribution in [3.8, 4) is 11.4 Å². The van der Waals surface area contributed by atoms with E-state index in [1.165, 1.54) is 0 Å². The molecule has 0 bridgehead atoms. The lowest BCUT2D eigenvalue weighted by molar-refractivity contribution is 0.475. The van der Waals surface area contributed by atoms with Crippen molar-refractivity contribution in [2.45, 2.75) is 13.0 Å². The third-order valence-corrected chi connectivity index (χ3v) is 3.37. The van der Waals surface area contributed by atoms with Gasteiger partial charge in [0.05, 0.1) is 17.9 Å². The lowest BCUT2D eigenvalue weighted by Gasteiger charge is -2.13. The Labute approximate surface area is 123 Å². The molecule has 3 rings (SSSR count). The molecule has 0 aliphatic heterocycles. The number of aromatic hydroxyl groups is 1. The monoisotopic (exact) mass is 279 g/mol. The first-order valence-electron chi connectivity index (χ1n) is 6.88. The Kier molecular flexibility index (Phi) is 3.60. The van der Waals surface area contributed by atoms with Gasteiger partial charge in [0, 0.05) is 17.4 Å². The molecule has 0 aliphatic rings. The lowest BCUT2D eigenvalue weighted by Crippen LogP contribution is -2.05. The number of hydrogen-bond acceptors (Lipinski definition) is 3. The van der Waals surface area contributed by atoms with Gasteiger partial charge in [-0.15, -0.1) is 0 Å². The molecule has 106 valence electrons. The third kappa shape index (κ3) is 3.05. The van der Waals surface area contributed by atoms with Crippen LogP contribution in [0, 0.1) is 0 Å². The average Bonchev–Trinajstić information content (AvgIpc) is 3.00. The van der Waals surface area contributed by atoms with Crippen LogP contribution in [0.1, 0.15) is 18.5 Å². The Morgan fingerprint density at radius 2 is 1.76 bits per heavy atom. The van der Waals surface area contributed by atoms with E-state index >= 15 is 0 Å². The van der Waals surface area contributed by atoms with Crippen molar-refractivity contribution in [1.82, 2.24) is 9.78 Å². The second kappa shape index (κ2) is 5.71. The summed E-state index contributed by atoms with van der Waals surface area (Å²) in [6.45, 7) is 2.08. The van der Waals surface area contributed by atoms with E-state index in [2.05, 4.69) is 17.3 Å². The quantitative estimate of drug-likeness (QED) is 0.715. The van der Waals surface area contributed by atoms with Crippen molar-refractivity contribution in [1.29, 1.82) is 0 Å². The number of nitrogens with one attached hydrogen (secondary N) is 1. The molecule has 1 aromatic heterocycles. The molecule has 1 atom stereocenters. The molecule has 0 radical (unpaired) electrons. The maximum atomic E-state index is 9.30. The normalized spacial score (nSPS) is 12.0. The first-order chi connectivity index (χ1) is 10.2. The Hall–Kier alpha value is -2.75. The van der Waals surface area contributed by atoms with Crippen LogP contribution in [0.15, 0.2) is 67.0 Å². The summed E-state index contributed by atoms with van der Waals surface area (Å²) in [5, 5.41) is 17.1. The average molecular weight is 279 g/mol. The van der Waals surface area contributed by atoms with Crippen LogP contribution >= 0.6 is 0 Å². The molecule has 0 saturated heterocycles. The molecule has 2 aromatic carbocycles. The zero-order chi connectivity index (χ0) is 14.7. The first-order valence-corrected chi connectivity index (χ1v) is 6.88. The minimum absolute atomic E-state index is 0.131. The molecule has 3 aromatic rings. The van der Waals surface area contributed by atoms with Crippen LogP contribution < -0.4 is 5.32 Å².